The largest absolute Gasteiger partial charge is 0.489 e. The summed E-state index contributed by atoms with van der Waals surface area (Å²) in [4.78, 5) is 10.6. The molecule has 0 N–H and O–H groups in total. The van der Waals surface area contributed by atoms with Crippen LogP contribution >= 0.6 is 0 Å². The number of ether oxygens (including phenoxy) is 1. The van der Waals surface area contributed by atoms with E-state index in [4.69, 9.17) is 4.74 Å². The zero-order chi connectivity index (χ0) is 15.5. The Morgan fingerprint density at radius 1 is 1.10 bits per heavy atom. The molecule has 6 nitrogen and oxygen atoms in total. The summed E-state index contributed by atoms with van der Waals surface area (Å²) < 4.78 is 28.1. The van der Waals surface area contributed by atoms with E-state index in [1.165, 1.54) is 30.3 Å². The molecule has 0 amide bonds. The fourth-order valence-corrected chi connectivity index (χ4v) is 2.39. The minimum absolute atomic E-state index is 0.00902. The Hall–Kier alpha value is -2.41. The molecule has 0 bridgehead atoms. The third-order valence-corrected chi connectivity index (χ3v) is 3.96. The van der Waals surface area contributed by atoms with Gasteiger partial charge in [-0.3, -0.25) is 10.1 Å². The standard InChI is InChI=1S/C14H13NO5S/c1-21(18,19)13-8-6-12(7-9-13)20-10-11-4-2-3-5-14(11)15(16)17/h2-9H,10H2,1H3. The second-order valence-corrected chi connectivity index (χ2v) is 6.43. The summed E-state index contributed by atoms with van der Waals surface area (Å²) in [6, 6.07) is 12.2. The van der Waals surface area contributed by atoms with Crippen LogP contribution in [0, 0.1) is 10.1 Å². The monoisotopic (exact) mass is 307 g/mol. The van der Waals surface area contributed by atoms with Crippen LogP contribution in [0.1, 0.15) is 5.56 Å². The Labute approximate surface area is 122 Å². The molecular formula is C14H13NO5S. The summed E-state index contributed by atoms with van der Waals surface area (Å²) in [5.74, 6) is 0.445. The third kappa shape index (κ3) is 3.79. The van der Waals surface area contributed by atoms with Crippen molar-refractivity contribution in [2.45, 2.75) is 11.5 Å². The molecule has 2 aromatic rings. The first-order chi connectivity index (χ1) is 9.88. The van der Waals surface area contributed by atoms with Crippen molar-refractivity contribution < 1.29 is 18.1 Å². The van der Waals surface area contributed by atoms with E-state index in [9.17, 15) is 18.5 Å². The SMILES string of the molecule is CS(=O)(=O)c1ccc(OCc2ccccc2[N+](=O)[O-])cc1. The maximum Gasteiger partial charge on any atom is 0.276 e. The second-order valence-electron chi connectivity index (χ2n) is 4.42. The van der Waals surface area contributed by atoms with E-state index in [0.29, 0.717) is 11.3 Å². The molecule has 0 atom stereocenters. The first-order valence-corrected chi connectivity index (χ1v) is 7.92. The van der Waals surface area contributed by atoms with Crippen LogP contribution in [0.3, 0.4) is 0 Å². The highest BCUT2D eigenvalue weighted by molar-refractivity contribution is 7.90. The summed E-state index contributed by atoms with van der Waals surface area (Å²) in [5, 5.41) is 10.9. The lowest BCUT2D eigenvalue weighted by molar-refractivity contribution is -0.385. The molecule has 0 aliphatic carbocycles. The smallest absolute Gasteiger partial charge is 0.276 e. The van der Waals surface area contributed by atoms with Gasteiger partial charge in [0.2, 0.25) is 0 Å². The van der Waals surface area contributed by atoms with Gasteiger partial charge in [0.1, 0.15) is 12.4 Å². The van der Waals surface area contributed by atoms with E-state index >= 15 is 0 Å². The maximum atomic E-state index is 11.3. The zero-order valence-corrected chi connectivity index (χ0v) is 12.0. The van der Waals surface area contributed by atoms with Gasteiger partial charge < -0.3 is 4.74 Å². The van der Waals surface area contributed by atoms with E-state index in [1.54, 1.807) is 18.2 Å². The number of hydrogen-bond acceptors (Lipinski definition) is 5. The van der Waals surface area contributed by atoms with Gasteiger partial charge in [0.05, 0.1) is 15.4 Å². The summed E-state index contributed by atoms with van der Waals surface area (Å²) >= 11 is 0. The molecule has 0 aliphatic heterocycles. The third-order valence-electron chi connectivity index (χ3n) is 2.83. The van der Waals surface area contributed by atoms with Crippen molar-refractivity contribution >= 4 is 15.5 Å². The minimum atomic E-state index is -3.25. The average Bonchev–Trinajstić information content (AvgIpc) is 2.45. The number of nitrogens with zero attached hydrogens (tertiary/aromatic N) is 1. The van der Waals surface area contributed by atoms with Crippen molar-refractivity contribution in [3.63, 3.8) is 0 Å². The molecule has 0 unspecified atom stereocenters. The molecule has 0 saturated carbocycles. The Balaban J connectivity index is 2.12. The summed E-state index contributed by atoms with van der Waals surface area (Å²) in [6.07, 6.45) is 1.12. The van der Waals surface area contributed by atoms with Gasteiger partial charge in [-0.15, -0.1) is 0 Å². The zero-order valence-electron chi connectivity index (χ0n) is 11.2. The number of hydrogen-bond donors (Lipinski definition) is 0. The molecular weight excluding hydrogens is 294 g/mol. The van der Waals surface area contributed by atoms with E-state index in [-0.39, 0.29) is 17.2 Å². The first-order valence-electron chi connectivity index (χ1n) is 6.03. The van der Waals surface area contributed by atoms with Gasteiger partial charge in [0.25, 0.3) is 5.69 Å². The fourth-order valence-electron chi connectivity index (χ4n) is 1.76. The number of sulfone groups is 1. The molecule has 7 heteroatoms. The average molecular weight is 307 g/mol. The minimum Gasteiger partial charge on any atom is -0.489 e. The predicted octanol–water partition coefficient (Wildman–Crippen LogP) is 2.58. The predicted molar refractivity (Wildman–Crippen MR) is 77.0 cm³/mol. The molecule has 0 aliphatic rings. The summed E-state index contributed by atoms with van der Waals surface area (Å²) in [5.41, 5.74) is 0.444. The van der Waals surface area contributed by atoms with Crippen LogP contribution in [0.2, 0.25) is 0 Å². The maximum absolute atomic E-state index is 11.3. The lowest BCUT2D eigenvalue weighted by Crippen LogP contribution is -2.01. The molecule has 2 rings (SSSR count). The van der Waals surface area contributed by atoms with Gasteiger partial charge in [0.15, 0.2) is 9.84 Å². The number of para-hydroxylation sites is 1. The molecule has 0 heterocycles. The fraction of sp³-hybridized carbons (Fsp3) is 0.143. The van der Waals surface area contributed by atoms with Crippen LogP contribution in [0.25, 0.3) is 0 Å². The lowest BCUT2D eigenvalue weighted by atomic mass is 10.2. The van der Waals surface area contributed by atoms with Crippen LogP contribution < -0.4 is 4.74 Å². The Kier molecular flexibility index (Phi) is 4.23. The van der Waals surface area contributed by atoms with Gasteiger partial charge in [-0.1, -0.05) is 12.1 Å². The number of nitro groups is 1. The van der Waals surface area contributed by atoms with Gasteiger partial charge in [0, 0.05) is 12.3 Å². The second kappa shape index (κ2) is 5.92. The molecule has 0 radical (unpaired) electrons. The van der Waals surface area contributed by atoms with E-state index in [0.717, 1.165) is 6.26 Å². The Bertz CT molecular complexity index is 753. The van der Waals surface area contributed by atoms with Crippen molar-refractivity contribution in [2.24, 2.45) is 0 Å². The molecule has 2 aromatic carbocycles. The van der Waals surface area contributed by atoms with Crippen LogP contribution in [0.15, 0.2) is 53.4 Å². The lowest BCUT2D eigenvalue weighted by Gasteiger charge is -2.07. The Morgan fingerprint density at radius 2 is 1.71 bits per heavy atom. The highest BCUT2D eigenvalue weighted by Crippen LogP contribution is 2.21. The topological polar surface area (TPSA) is 86.5 Å². The highest BCUT2D eigenvalue weighted by atomic mass is 32.2. The van der Waals surface area contributed by atoms with Gasteiger partial charge in [-0.2, -0.15) is 0 Å². The van der Waals surface area contributed by atoms with Crippen LogP contribution in [-0.2, 0) is 16.4 Å². The quantitative estimate of drug-likeness (QED) is 0.626. The molecule has 0 fully saturated rings. The van der Waals surface area contributed by atoms with Crippen LogP contribution in [0.5, 0.6) is 5.75 Å². The van der Waals surface area contributed by atoms with Crippen LogP contribution in [-0.4, -0.2) is 19.6 Å². The molecule has 0 spiro atoms. The van der Waals surface area contributed by atoms with E-state index < -0.39 is 14.8 Å². The van der Waals surface area contributed by atoms with Crippen molar-refractivity contribution in [3.8, 4) is 5.75 Å². The highest BCUT2D eigenvalue weighted by Gasteiger charge is 2.13. The van der Waals surface area contributed by atoms with Crippen molar-refractivity contribution in [2.75, 3.05) is 6.26 Å². The number of benzene rings is 2. The number of rotatable bonds is 5. The van der Waals surface area contributed by atoms with Crippen LogP contribution in [0.4, 0.5) is 5.69 Å². The molecule has 110 valence electrons. The van der Waals surface area contributed by atoms with Crippen molar-refractivity contribution in [1.82, 2.24) is 0 Å². The molecule has 0 aromatic heterocycles. The first kappa shape index (κ1) is 15.0. The Morgan fingerprint density at radius 3 is 2.29 bits per heavy atom. The normalized spacial score (nSPS) is 11.1. The van der Waals surface area contributed by atoms with Gasteiger partial charge >= 0.3 is 0 Å². The van der Waals surface area contributed by atoms with Crippen molar-refractivity contribution in [3.05, 3.63) is 64.2 Å². The molecule has 21 heavy (non-hydrogen) atoms. The van der Waals surface area contributed by atoms with Gasteiger partial charge in [-0.25, -0.2) is 8.42 Å². The van der Waals surface area contributed by atoms with Crippen molar-refractivity contribution in [1.29, 1.82) is 0 Å². The molecule has 0 saturated heterocycles. The van der Waals surface area contributed by atoms with Gasteiger partial charge in [-0.05, 0) is 30.3 Å². The number of nitro benzene ring substituents is 1. The van der Waals surface area contributed by atoms with E-state index in [2.05, 4.69) is 0 Å². The van der Waals surface area contributed by atoms with E-state index in [1.807, 2.05) is 0 Å². The summed E-state index contributed by atoms with van der Waals surface area (Å²) in [7, 11) is -3.25. The summed E-state index contributed by atoms with van der Waals surface area (Å²) in [6.45, 7) is 0.0371.